The first-order valence-electron chi connectivity index (χ1n) is 14.6. The third-order valence-corrected chi connectivity index (χ3v) is 9.72. The summed E-state index contributed by atoms with van der Waals surface area (Å²) in [6, 6.07) is 25.8. The van der Waals surface area contributed by atoms with Gasteiger partial charge in [0.25, 0.3) is 10.0 Å². The van der Waals surface area contributed by atoms with Gasteiger partial charge in [-0.3, -0.25) is 13.9 Å². The van der Waals surface area contributed by atoms with Crippen LogP contribution in [-0.2, 0) is 32.6 Å². The predicted molar refractivity (Wildman–Crippen MR) is 186 cm³/mol. The second kappa shape index (κ2) is 14.9. The average Bonchev–Trinajstić information content (AvgIpc) is 2.98. The molecule has 2 amide bonds. The van der Waals surface area contributed by atoms with Crippen molar-refractivity contribution in [3.8, 4) is 0 Å². The zero-order valence-corrected chi connectivity index (χ0v) is 29.1. The Morgan fingerprint density at radius 2 is 1.48 bits per heavy atom. The van der Waals surface area contributed by atoms with Gasteiger partial charge in [0, 0.05) is 33.6 Å². The number of benzene rings is 4. The van der Waals surface area contributed by atoms with E-state index in [0.29, 0.717) is 26.3 Å². The molecule has 0 fully saturated rings. The molecule has 0 heterocycles. The summed E-state index contributed by atoms with van der Waals surface area (Å²) in [4.78, 5) is 29.9. The van der Waals surface area contributed by atoms with Crippen molar-refractivity contribution < 1.29 is 18.0 Å². The van der Waals surface area contributed by atoms with Crippen molar-refractivity contribution in [2.75, 3.05) is 10.8 Å². The fraction of sp³-hybridized carbons (Fsp3) is 0.257. The molecular formula is C35H36Cl3N3O4S. The molecule has 0 bridgehead atoms. The quantitative estimate of drug-likeness (QED) is 0.174. The minimum absolute atomic E-state index is 0.0372. The van der Waals surface area contributed by atoms with Gasteiger partial charge in [-0.25, -0.2) is 8.42 Å². The van der Waals surface area contributed by atoms with Gasteiger partial charge >= 0.3 is 0 Å². The first kappa shape index (κ1) is 35.3. The number of hydrogen-bond donors (Lipinski definition) is 1. The van der Waals surface area contributed by atoms with E-state index in [2.05, 4.69) is 5.32 Å². The molecular weight excluding hydrogens is 665 g/mol. The number of anilines is 1. The maximum atomic E-state index is 14.6. The van der Waals surface area contributed by atoms with Crippen LogP contribution in [-0.4, -0.2) is 43.3 Å². The molecule has 242 valence electrons. The van der Waals surface area contributed by atoms with Crippen LogP contribution in [0.25, 0.3) is 0 Å². The molecule has 0 aliphatic heterocycles. The lowest BCUT2D eigenvalue weighted by Crippen LogP contribution is -2.56. The Morgan fingerprint density at radius 1 is 0.826 bits per heavy atom. The van der Waals surface area contributed by atoms with Crippen LogP contribution in [0.15, 0.2) is 102 Å². The molecule has 0 aliphatic rings. The summed E-state index contributed by atoms with van der Waals surface area (Å²) in [6.45, 7) is 6.72. The highest BCUT2D eigenvalue weighted by molar-refractivity contribution is 7.92. The van der Waals surface area contributed by atoms with Gasteiger partial charge in [0.2, 0.25) is 11.8 Å². The number of carbonyl (C=O) groups is 2. The maximum Gasteiger partial charge on any atom is 0.264 e. The third-order valence-electron chi connectivity index (χ3n) is 7.10. The Kier molecular flexibility index (Phi) is 11.4. The largest absolute Gasteiger partial charge is 0.350 e. The lowest BCUT2D eigenvalue weighted by molar-refractivity contribution is -0.140. The van der Waals surface area contributed by atoms with E-state index in [9.17, 15) is 18.0 Å². The van der Waals surface area contributed by atoms with E-state index >= 15 is 0 Å². The van der Waals surface area contributed by atoms with E-state index in [0.717, 1.165) is 15.4 Å². The molecule has 0 radical (unpaired) electrons. The van der Waals surface area contributed by atoms with Gasteiger partial charge in [-0.2, -0.15) is 0 Å². The van der Waals surface area contributed by atoms with Gasteiger partial charge in [-0.15, -0.1) is 0 Å². The summed E-state index contributed by atoms with van der Waals surface area (Å²) < 4.78 is 29.3. The van der Waals surface area contributed by atoms with Crippen molar-refractivity contribution in [1.82, 2.24) is 10.2 Å². The van der Waals surface area contributed by atoms with Gasteiger partial charge in [0.15, 0.2) is 0 Å². The number of nitrogens with one attached hydrogen (secondary N) is 1. The Morgan fingerprint density at radius 3 is 2.09 bits per heavy atom. The van der Waals surface area contributed by atoms with Crippen molar-refractivity contribution in [3.05, 3.63) is 129 Å². The molecule has 1 atom stereocenters. The number of hydrogen-bond acceptors (Lipinski definition) is 4. The number of aryl methyl sites for hydroxylation is 1. The van der Waals surface area contributed by atoms with Gasteiger partial charge in [0.05, 0.1) is 10.6 Å². The topological polar surface area (TPSA) is 86.8 Å². The molecule has 0 saturated carbocycles. The molecule has 0 aliphatic carbocycles. The van der Waals surface area contributed by atoms with Crippen LogP contribution in [0.4, 0.5) is 5.69 Å². The highest BCUT2D eigenvalue weighted by Crippen LogP contribution is 2.28. The maximum absolute atomic E-state index is 14.6. The first-order valence-corrected chi connectivity index (χ1v) is 17.2. The highest BCUT2D eigenvalue weighted by Gasteiger charge is 2.36. The molecule has 0 aromatic heterocycles. The van der Waals surface area contributed by atoms with Gasteiger partial charge in [-0.05, 0) is 92.9 Å². The minimum Gasteiger partial charge on any atom is -0.350 e. The number of amides is 2. The predicted octanol–water partition coefficient (Wildman–Crippen LogP) is 7.71. The van der Waals surface area contributed by atoms with Crippen LogP contribution < -0.4 is 9.62 Å². The van der Waals surface area contributed by atoms with E-state index in [-0.39, 0.29) is 17.9 Å². The van der Waals surface area contributed by atoms with Gasteiger partial charge in [-0.1, -0.05) is 83.3 Å². The van der Waals surface area contributed by atoms with Crippen molar-refractivity contribution in [1.29, 1.82) is 0 Å². The molecule has 4 rings (SSSR count). The lowest BCUT2D eigenvalue weighted by Gasteiger charge is -2.35. The lowest BCUT2D eigenvalue weighted by atomic mass is 10.0. The van der Waals surface area contributed by atoms with Crippen LogP contribution in [0.2, 0.25) is 15.1 Å². The van der Waals surface area contributed by atoms with Crippen molar-refractivity contribution >= 4 is 62.3 Å². The van der Waals surface area contributed by atoms with Gasteiger partial charge < -0.3 is 10.2 Å². The molecule has 4 aromatic rings. The molecule has 4 aromatic carbocycles. The second-order valence-corrected chi connectivity index (χ2v) is 15.1. The molecule has 1 N–H and O–H groups in total. The van der Waals surface area contributed by atoms with Crippen molar-refractivity contribution in [2.24, 2.45) is 0 Å². The average molecular weight is 701 g/mol. The van der Waals surface area contributed by atoms with E-state index < -0.39 is 40.0 Å². The summed E-state index contributed by atoms with van der Waals surface area (Å²) in [6.07, 6.45) is 0.175. The van der Waals surface area contributed by atoms with Crippen molar-refractivity contribution in [2.45, 2.75) is 57.1 Å². The fourth-order valence-electron chi connectivity index (χ4n) is 4.89. The summed E-state index contributed by atoms with van der Waals surface area (Å²) in [5.41, 5.74) is 1.86. The number of carbonyl (C=O) groups excluding carboxylic acids is 2. The number of rotatable bonds is 11. The summed E-state index contributed by atoms with van der Waals surface area (Å²) >= 11 is 18.8. The summed E-state index contributed by atoms with van der Waals surface area (Å²) in [5.74, 6) is -0.993. The Balaban J connectivity index is 1.84. The second-order valence-electron chi connectivity index (χ2n) is 12.0. The molecule has 0 unspecified atom stereocenters. The Bertz CT molecular complexity index is 1790. The van der Waals surface area contributed by atoms with Crippen LogP contribution in [0.1, 0.15) is 37.5 Å². The molecule has 46 heavy (non-hydrogen) atoms. The van der Waals surface area contributed by atoms with Crippen LogP contribution in [0.5, 0.6) is 0 Å². The summed E-state index contributed by atoms with van der Waals surface area (Å²) in [5, 5.41) is 4.10. The smallest absolute Gasteiger partial charge is 0.264 e. The normalized spacial score (nSPS) is 12.3. The molecule has 11 heteroatoms. The monoisotopic (exact) mass is 699 g/mol. The number of halogens is 3. The Hall–Kier alpha value is -3.56. The van der Waals surface area contributed by atoms with Gasteiger partial charge in [0.1, 0.15) is 12.6 Å². The summed E-state index contributed by atoms with van der Waals surface area (Å²) in [7, 11) is -4.25. The van der Waals surface area contributed by atoms with E-state index in [4.69, 9.17) is 34.8 Å². The number of sulfonamides is 1. The molecule has 0 spiro atoms. The number of nitrogens with zero attached hydrogens (tertiary/aromatic N) is 2. The highest BCUT2D eigenvalue weighted by atomic mass is 35.5. The standard InChI is InChI=1S/C35H36Cl3N3O4S/c1-24-9-8-12-29(19-24)41(46(44,45)30-17-15-27(36)16-18-30)23-33(42)40(22-26-13-14-28(37)21-31(26)38)32(34(43)39-35(2,3)4)20-25-10-6-5-7-11-25/h5-19,21,32H,20,22-23H2,1-4H3,(H,39,43)/t32-/m1/s1. The third kappa shape index (κ3) is 9.26. The van der Waals surface area contributed by atoms with E-state index in [1.807, 2.05) is 64.1 Å². The van der Waals surface area contributed by atoms with E-state index in [1.165, 1.54) is 29.2 Å². The van der Waals surface area contributed by atoms with Crippen molar-refractivity contribution in [3.63, 3.8) is 0 Å². The zero-order chi connectivity index (χ0) is 33.6. The first-order chi connectivity index (χ1) is 21.6. The van der Waals surface area contributed by atoms with Crippen LogP contribution in [0.3, 0.4) is 0 Å². The minimum atomic E-state index is -4.25. The fourth-order valence-corrected chi connectivity index (χ4v) is 6.89. The van der Waals surface area contributed by atoms with Crippen LogP contribution in [0, 0.1) is 6.92 Å². The van der Waals surface area contributed by atoms with E-state index in [1.54, 1.807) is 36.4 Å². The molecule has 7 nitrogen and oxygen atoms in total. The Labute approximate surface area is 286 Å². The van der Waals surface area contributed by atoms with Crippen LogP contribution >= 0.6 is 34.8 Å². The zero-order valence-electron chi connectivity index (χ0n) is 26.0. The SMILES string of the molecule is Cc1cccc(N(CC(=O)N(Cc2ccc(Cl)cc2Cl)[C@H](Cc2ccccc2)C(=O)NC(C)(C)C)S(=O)(=O)c2ccc(Cl)cc2)c1. The molecule has 0 saturated heterocycles.